The van der Waals surface area contributed by atoms with Crippen LogP contribution in [0.1, 0.15) is 110 Å². The average molecular weight is 1030 g/mol. The molecule has 0 unspecified atom stereocenters. The smallest absolute Gasteiger partial charge is 0.246 e. The molecule has 4 aliphatic heterocycles. The maximum atomic E-state index is 14.4. The highest BCUT2D eigenvalue weighted by atomic mass is 32.2. The van der Waals surface area contributed by atoms with Crippen LogP contribution in [0, 0.1) is 46.3 Å². The van der Waals surface area contributed by atoms with E-state index in [4.69, 9.17) is 33.9 Å². The third-order valence-corrected chi connectivity index (χ3v) is 17.7. The van der Waals surface area contributed by atoms with Gasteiger partial charge < -0.3 is 40.5 Å². The number of nitrogens with zero attached hydrogens (tertiary/aromatic N) is 2. The van der Waals surface area contributed by atoms with E-state index < -0.39 is 41.0 Å². The predicted molar refractivity (Wildman–Crippen MR) is 290 cm³/mol. The fraction of sp³-hybridized carbons (Fsp3) is 0.593. The Morgan fingerprint density at radius 2 is 1.23 bits per heavy atom. The summed E-state index contributed by atoms with van der Waals surface area (Å²) in [4.78, 5) is 62.4. The van der Waals surface area contributed by atoms with Crippen LogP contribution in [0.3, 0.4) is 0 Å². The Hall–Kier alpha value is -4.00. The molecule has 12 nitrogen and oxygen atoms in total. The van der Waals surface area contributed by atoms with Gasteiger partial charge in [0.1, 0.15) is 31.3 Å². The van der Waals surface area contributed by atoms with E-state index in [1.165, 1.54) is 0 Å². The van der Waals surface area contributed by atoms with E-state index in [2.05, 4.69) is 86.5 Å². The van der Waals surface area contributed by atoms with Crippen LogP contribution in [-0.2, 0) is 28.7 Å². The molecule has 0 aromatic heterocycles. The quantitative estimate of drug-likeness (QED) is 0.0641. The van der Waals surface area contributed by atoms with Crippen molar-refractivity contribution in [2.45, 2.75) is 134 Å². The maximum Gasteiger partial charge on any atom is 0.246 e. The van der Waals surface area contributed by atoms with Gasteiger partial charge in [-0.1, -0.05) is 138 Å². The second-order valence-electron chi connectivity index (χ2n) is 20.2. The van der Waals surface area contributed by atoms with Crippen molar-refractivity contribution >= 4 is 81.4 Å². The number of hydrogen-bond acceptors (Lipinski definition) is 11. The molecule has 0 spiro atoms. The first-order valence-corrected chi connectivity index (χ1v) is 27.6. The monoisotopic (exact) mass is 1030 g/mol. The minimum absolute atomic E-state index is 0.00110. The van der Waals surface area contributed by atoms with Gasteiger partial charge in [0.15, 0.2) is 0 Å². The van der Waals surface area contributed by atoms with Crippen LogP contribution >= 0.6 is 48.0 Å². The van der Waals surface area contributed by atoms with Gasteiger partial charge in [0.05, 0.1) is 41.0 Å². The number of hydrogen-bond donors (Lipinski definition) is 4. The molecule has 4 aliphatic rings. The molecule has 378 valence electrons. The standard InChI is InChI=1S/C54H72N6O6S4/c1-9-35(2)50(68)58-40-25-29-70-45-32-54(6,7)47(60(45)52(40)64)49(62)57-42(38-22-16-13-17-23-38)34-66-27-19-11-10-18-26-65-33-41(37-20-14-12-15-21-37)56-48(61)46-53(4,5)31-44-59(46)51(63)39(24-28-69-44)30-43(67)36(3)55-8/h12-17,20-23,35-36,39-42,44-47,55H,9,24-34H2,1-8H3,(H,56,61)(H,57,62)(H,58,68)/t35-,36+,39-,40+,41-,42-,44+,45+,46-,47-/m1/s1. The first-order chi connectivity index (χ1) is 33.5. The van der Waals surface area contributed by atoms with Gasteiger partial charge in [-0.25, -0.2) is 0 Å². The molecule has 0 bridgehead atoms. The van der Waals surface area contributed by atoms with Gasteiger partial charge >= 0.3 is 0 Å². The van der Waals surface area contributed by atoms with E-state index in [0.717, 1.165) is 46.8 Å². The van der Waals surface area contributed by atoms with Crippen LogP contribution in [0.5, 0.6) is 0 Å². The van der Waals surface area contributed by atoms with Gasteiger partial charge in [-0.2, -0.15) is 0 Å². The van der Waals surface area contributed by atoms with Gasteiger partial charge in [0.2, 0.25) is 23.6 Å². The number of ether oxygens (including phenoxy) is 2. The SMILES string of the molecule is CC[C@@H](C)C(=S)N[C@H]1CCS[C@H]2CC(C)(C)[C@@H](C(=O)N[C@H](COCC#CC#CCOC[C@@H](NC(=O)[C@H]3N4C(=O)[C@@H](CC(=S)[C@H](C)NC)CCS[C@H]4CC3(C)C)c3ccccc3)c3ccccc3)N2C1=O. The molecule has 0 radical (unpaired) electrons. The molecule has 70 heavy (non-hydrogen) atoms. The molecule has 4 heterocycles. The van der Waals surface area contributed by atoms with Gasteiger partial charge in [0, 0.05) is 22.7 Å². The maximum absolute atomic E-state index is 14.4. The van der Waals surface area contributed by atoms with Crippen molar-refractivity contribution in [1.29, 1.82) is 0 Å². The van der Waals surface area contributed by atoms with E-state index in [0.29, 0.717) is 24.3 Å². The summed E-state index contributed by atoms with van der Waals surface area (Å²) in [6.45, 7) is 14.9. The van der Waals surface area contributed by atoms with Gasteiger partial charge in [-0.15, -0.1) is 23.5 Å². The Bertz CT molecular complexity index is 2140. The number of fused-ring (bicyclic) bond motifs is 2. The summed E-state index contributed by atoms with van der Waals surface area (Å²) in [6.07, 6.45) is 4.19. The zero-order chi connectivity index (χ0) is 50.6. The number of thioether (sulfide) groups is 2. The highest BCUT2D eigenvalue weighted by Gasteiger charge is 2.56. The lowest BCUT2D eigenvalue weighted by Crippen LogP contribution is -2.57. The summed E-state index contributed by atoms with van der Waals surface area (Å²) < 4.78 is 12.0. The van der Waals surface area contributed by atoms with Crippen LogP contribution in [0.2, 0.25) is 0 Å². The van der Waals surface area contributed by atoms with E-state index >= 15 is 0 Å². The summed E-state index contributed by atoms with van der Waals surface area (Å²) in [5.41, 5.74) is 0.855. The molecule has 4 amide bonds. The van der Waals surface area contributed by atoms with Crippen molar-refractivity contribution in [1.82, 2.24) is 31.1 Å². The lowest BCUT2D eigenvalue weighted by Gasteiger charge is -2.35. The van der Waals surface area contributed by atoms with Gasteiger partial charge in [-0.3, -0.25) is 19.2 Å². The minimum Gasteiger partial charge on any atom is -0.368 e. The fourth-order valence-electron chi connectivity index (χ4n) is 9.82. The lowest BCUT2D eigenvalue weighted by atomic mass is 9.83. The summed E-state index contributed by atoms with van der Waals surface area (Å²) in [5.74, 6) is 12.6. The number of carbonyl (C=O) groups is 4. The predicted octanol–water partition coefficient (Wildman–Crippen LogP) is 7.24. The molecule has 0 aliphatic carbocycles. The Balaban J connectivity index is 1.04. The van der Waals surface area contributed by atoms with Crippen molar-refractivity contribution in [3.63, 3.8) is 0 Å². The lowest BCUT2D eigenvalue weighted by molar-refractivity contribution is -0.144. The van der Waals surface area contributed by atoms with E-state index in [9.17, 15) is 19.2 Å². The largest absolute Gasteiger partial charge is 0.368 e. The van der Waals surface area contributed by atoms with Crippen LogP contribution in [0.15, 0.2) is 60.7 Å². The highest BCUT2D eigenvalue weighted by molar-refractivity contribution is 8.00. The van der Waals surface area contributed by atoms with Gasteiger partial charge in [0.25, 0.3) is 0 Å². The van der Waals surface area contributed by atoms with Crippen LogP contribution in [0.4, 0.5) is 0 Å². The Morgan fingerprint density at radius 3 is 1.70 bits per heavy atom. The number of rotatable bonds is 19. The second-order valence-corrected chi connectivity index (χ2v) is 23.8. The zero-order valence-corrected chi connectivity index (χ0v) is 45.3. The van der Waals surface area contributed by atoms with Gasteiger partial charge in [-0.05, 0) is 97.8 Å². The molecular formula is C54H72N6O6S4. The second kappa shape index (κ2) is 25.6. The average Bonchev–Trinajstić information content (AvgIpc) is 3.66. The van der Waals surface area contributed by atoms with Crippen molar-refractivity contribution in [2.75, 3.05) is 45.0 Å². The Morgan fingerprint density at radius 1 is 0.757 bits per heavy atom. The summed E-state index contributed by atoms with van der Waals surface area (Å²) >= 11 is 14.9. The normalized spacial score (nSPS) is 25.2. The van der Waals surface area contributed by atoms with Crippen LogP contribution in [0.25, 0.3) is 0 Å². The molecular weight excluding hydrogens is 957 g/mol. The molecule has 6 rings (SSSR count). The summed E-state index contributed by atoms with van der Waals surface area (Å²) in [6, 6.07) is 16.6. The highest BCUT2D eigenvalue weighted by Crippen LogP contribution is 2.48. The zero-order valence-electron chi connectivity index (χ0n) is 42.0. The van der Waals surface area contributed by atoms with E-state index in [1.807, 2.05) is 84.4 Å². The molecule has 2 aromatic carbocycles. The summed E-state index contributed by atoms with van der Waals surface area (Å²) in [7, 11) is 1.87. The van der Waals surface area contributed by atoms with Crippen molar-refractivity contribution in [3.05, 3.63) is 71.8 Å². The number of amides is 4. The molecule has 4 fully saturated rings. The van der Waals surface area contributed by atoms with Crippen LogP contribution in [-0.4, -0.2) is 123 Å². The van der Waals surface area contributed by atoms with Crippen molar-refractivity contribution in [2.24, 2.45) is 22.7 Å². The third kappa shape index (κ3) is 13.9. The molecule has 2 aromatic rings. The Kier molecular flexibility index (Phi) is 20.2. The molecule has 16 heteroatoms. The molecule has 10 atom stereocenters. The first kappa shape index (κ1) is 55.3. The minimum atomic E-state index is -0.674. The van der Waals surface area contributed by atoms with Crippen molar-refractivity contribution < 1.29 is 28.7 Å². The van der Waals surface area contributed by atoms with Crippen molar-refractivity contribution in [3.8, 4) is 23.7 Å². The number of carbonyl (C=O) groups excluding carboxylic acids is 4. The number of nitrogens with one attached hydrogen (secondary N) is 4. The number of benzene rings is 2. The Labute approximate surface area is 435 Å². The van der Waals surface area contributed by atoms with Crippen LogP contribution < -0.4 is 21.3 Å². The molecule has 0 saturated carbocycles. The fourth-order valence-corrected chi connectivity index (χ4v) is 13.7. The first-order valence-electron chi connectivity index (χ1n) is 24.7. The third-order valence-electron chi connectivity index (χ3n) is 14.1. The molecule has 4 saturated heterocycles. The topological polar surface area (TPSA) is 141 Å². The van der Waals surface area contributed by atoms with E-state index in [1.54, 1.807) is 23.5 Å². The van der Waals surface area contributed by atoms with E-state index in [-0.39, 0.29) is 78.7 Å². The number of thiocarbonyl (C=S) groups is 2. The molecule has 4 N–H and O–H groups in total. The summed E-state index contributed by atoms with van der Waals surface area (Å²) in [5, 5.41) is 12.8.